The molecule has 0 radical (unpaired) electrons. The molecule has 1 aromatic carbocycles. The maximum absolute atomic E-state index is 12.5. The normalized spacial score (nSPS) is 22.9. The highest BCUT2D eigenvalue weighted by Gasteiger charge is 2.40. The van der Waals surface area contributed by atoms with Crippen molar-refractivity contribution in [3.8, 4) is 0 Å². The highest BCUT2D eigenvalue weighted by molar-refractivity contribution is 7.86. The number of hydrogen-bond acceptors (Lipinski definition) is 7. The topological polar surface area (TPSA) is 128 Å². The van der Waals surface area contributed by atoms with E-state index in [2.05, 4.69) is 4.98 Å². The third kappa shape index (κ3) is 4.03. The van der Waals surface area contributed by atoms with Gasteiger partial charge in [0, 0.05) is 18.2 Å². The first-order chi connectivity index (χ1) is 12.7. The van der Waals surface area contributed by atoms with Crippen molar-refractivity contribution in [1.82, 2.24) is 9.55 Å². The predicted octanol–water partition coefficient (Wildman–Crippen LogP) is 0.207. The van der Waals surface area contributed by atoms with Crippen LogP contribution in [-0.2, 0) is 19.0 Å². The van der Waals surface area contributed by atoms with Gasteiger partial charge in [-0.05, 0) is 26.0 Å². The summed E-state index contributed by atoms with van der Waals surface area (Å²) in [6.07, 6.45) is -1.44. The van der Waals surface area contributed by atoms with E-state index in [-0.39, 0.29) is 11.3 Å². The van der Waals surface area contributed by atoms with Crippen LogP contribution in [0.4, 0.5) is 0 Å². The zero-order chi connectivity index (χ0) is 19.8. The van der Waals surface area contributed by atoms with Crippen LogP contribution in [0.2, 0.25) is 0 Å². The summed E-state index contributed by atoms with van der Waals surface area (Å²) >= 11 is 0. The Balaban J connectivity index is 1.85. The summed E-state index contributed by atoms with van der Waals surface area (Å²) in [6, 6.07) is 6.16. The lowest BCUT2D eigenvalue weighted by Gasteiger charge is -2.16. The number of aliphatic hydroxyl groups excluding tert-OH is 1. The summed E-state index contributed by atoms with van der Waals surface area (Å²) in [6.45, 7) is 2.88. The smallest absolute Gasteiger partial charge is 0.330 e. The van der Waals surface area contributed by atoms with Gasteiger partial charge in [0.25, 0.3) is 15.7 Å². The van der Waals surface area contributed by atoms with Gasteiger partial charge in [0.2, 0.25) is 0 Å². The maximum atomic E-state index is 12.5. The van der Waals surface area contributed by atoms with Gasteiger partial charge in [0.1, 0.15) is 18.4 Å². The molecule has 1 aliphatic heterocycles. The van der Waals surface area contributed by atoms with Gasteiger partial charge in [0.15, 0.2) is 0 Å². The Morgan fingerprint density at radius 2 is 1.93 bits per heavy atom. The molecule has 9 nitrogen and oxygen atoms in total. The summed E-state index contributed by atoms with van der Waals surface area (Å²) in [5.41, 5.74) is 0.00620. The van der Waals surface area contributed by atoms with Crippen LogP contribution >= 0.6 is 0 Å². The summed E-state index contributed by atoms with van der Waals surface area (Å²) < 4.78 is 37.0. The molecule has 2 aromatic rings. The first-order valence-corrected chi connectivity index (χ1v) is 9.70. The van der Waals surface area contributed by atoms with Crippen LogP contribution in [0.5, 0.6) is 0 Å². The van der Waals surface area contributed by atoms with E-state index in [1.165, 1.54) is 25.3 Å². The minimum Gasteiger partial charge on any atom is -0.394 e. The zero-order valence-electron chi connectivity index (χ0n) is 14.8. The molecular weight excluding hydrogens is 376 g/mol. The van der Waals surface area contributed by atoms with E-state index in [1.54, 1.807) is 12.1 Å². The Hall–Kier alpha value is -2.27. The second-order valence-corrected chi connectivity index (χ2v) is 8.00. The predicted molar refractivity (Wildman–Crippen MR) is 94.9 cm³/mol. The molecule has 10 heteroatoms. The fourth-order valence-corrected chi connectivity index (χ4v) is 3.97. The number of H-pyrrole nitrogens is 1. The molecule has 2 heterocycles. The van der Waals surface area contributed by atoms with Gasteiger partial charge in [-0.15, -0.1) is 0 Å². The summed E-state index contributed by atoms with van der Waals surface area (Å²) in [7, 11) is -4.07. The number of aromatic nitrogens is 2. The lowest BCUT2D eigenvalue weighted by atomic mass is 10.2. The third-order valence-corrected chi connectivity index (χ3v) is 5.73. The minimum absolute atomic E-state index is 0.00899. The van der Waals surface area contributed by atoms with E-state index in [4.69, 9.17) is 8.92 Å². The number of aryl methyl sites for hydroxylation is 2. The van der Waals surface area contributed by atoms with Crippen molar-refractivity contribution >= 4 is 10.1 Å². The summed E-state index contributed by atoms with van der Waals surface area (Å²) in [5, 5.41) is 9.53. The first kappa shape index (κ1) is 19.5. The van der Waals surface area contributed by atoms with Gasteiger partial charge in [-0.25, -0.2) is 4.79 Å². The van der Waals surface area contributed by atoms with Crippen molar-refractivity contribution in [1.29, 1.82) is 0 Å². The lowest BCUT2D eigenvalue weighted by molar-refractivity contribution is -0.0414. The van der Waals surface area contributed by atoms with Crippen LogP contribution in [0.25, 0.3) is 0 Å². The quantitative estimate of drug-likeness (QED) is 0.691. The van der Waals surface area contributed by atoms with Gasteiger partial charge >= 0.3 is 5.69 Å². The molecule has 1 aliphatic rings. The lowest BCUT2D eigenvalue weighted by Crippen LogP contribution is -2.33. The van der Waals surface area contributed by atoms with Crippen molar-refractivity contribution in [3.05, 3.63) is 62.4 Å². The second-order valence-electron chi connectivity index (χ2n) is 6.43. The van der Waals surface area contributed by atoms with E-state index < -0.39 is 46.4 Å². The molecule has 3 rings (SSSR count). The second kappa shape index (κ2) is 7.39. The number of nitrogens with zero attached hydrogens (tertiary/aromatic N) is 1. The average Bonchev–Trinajstić information content (AvgIpc) is 3.00. The Morgan fingerprint density at radius 1 is 1.26 bits per heavy atom. The first-order valence-electron chi connectivity index (χ1n) is 8.29. The number of benzene rings is 1. The zero-order valence-corrected chi connectivity index (χ0v) is 15.6. The number of aliphatic hydroxyl groups is 1. The van der Waals surface area contributed by atoms with Crippen LogP contribution < -0.4 is 11.2 Å². The monoisotopic (exact) mass is 396 g/mol. The average molecular weight is 396 g/mol. The molecule has 0 aliphatic carbocycles. The standard InChI is InChI=1S/C17H20N2O7S/c1-10-3-5-12(6-4-10)27(23,24)26-13-7-15(25-14(13)9-20)19-8-11(2)16(21)18-17(19)22/h3-6,8,13-15,20H,7,9H2,1-2H3,(H,18,21,22)/t13-,14+,15+/m0/s1. The van der Waals surface area contributed by atoms with Crippen LogP contribution in [0, 0.1) is 13.8 Å². The van der Waals surface area contributed by atoms with E-state index in [0.717, 1.165) is 10.1 Å². The molecule has 27 heavy (non-hydrogen) atoms. The molecule has 3 atom stereocenters. The fraction of sp³-hybridized carbons (Fsp3) is 0.412. The van der Waals surface area contributed by atoms with Crippen LogP contribution in [0.15, 0.2) is 44.9 Å². The molecule has 0 unspecified atom stereocenters. The molecular formula is C17H20N2O7S. The van der Waals surface area contributed by atoms with E-state index in [9.17, 15) is 23.1 Å². The van der Waals surface area contributed by atoms with E-state index in [0.29, 0.717) is 5.56 Å². The largest absolute Gasteiger partial charge is 0.394 e. The van der Waals surface area contributed by atoms with Crippen LogP contribution in [0.1, 0.15) is 23.8 Å². The van der Waals surface area contributed by atoms with Crippen molar-refractivity contribution < 1.29 is 22.4 Å². The molecule has 146 valence electrons. The SMILES string of the molecule is Cc1ccc(S(=O)(=O)O[C@H]2C[C@H](n3cc(C)c(=O)[nH]c3=O)O[C@@H]2CO)cc1. The van der Waals surface area contributed by atoms with Crippen molar-refractivity contribution in [2.45, 2.75) is 43.6 Å². The maximum Gasteiger partial charge on any atom is 0.330 e. The number of ether oxygens (including phenoxy) is 1. The van der Waals surface area contributed by atoms with Gasteiger partial charge in [0.05, 0.1) is 11.5 Å². The molecule has 2 N–H and O–H groups in total. The Morgan fingerprint density at radius 3 is 2.56 bits per heavy atom. The molecule has 0 bridgehead atoms. The number of rotatable bonds is 5. The molecule has 0 spiro atoms. The Labute approximate surface area is 155 Å². The van der Waals surface area contributed by atoms with Crippen molar-refractivity contribution in [3.63, 3.8) is 0 Å². The van der Waals surface area contributed by atoms with Crippen LogP contribution in [-0.4, -0.2) is 41.9 Å². The minimum atomic E-state index is -4.07. The molecule has 1 saturated heterocycles. The summed E-state index contributed by atoms with van der Waals surface area (Å²) in [4.78, 5) is 25.7. The number of nitrogens with one attached hydrogen (secondary N) is 1. The van der Waals surface area contributed by atoms with Crippen LogP contribution in [0.3, 0.4) is 0 Å². The van der Waals surface area contributed by atoms with Gasteiger partial charge in [-0.3, -0.25) is 18.5 Å². The molecule has 0 amide bonds. The fourth-order valence-electron chi connectivity index (χ4n) is 2.86. The third-order valence-electron chi connectivity index (χ3n) is 4.38. The van der Waals surface area contributed by atoms with Gasteiger partial charge < -0.3 is 9.84 Å². The van der Waals surface area contributed by atoms with Crippen molar-refractivity contribution in [2.75, 3.05) is 6.61 Å². The van der Waals surface area contributed by atoms with Gasteiger partial charge in [-0.2, -0.15) is 8.42 Å². The van der Waals surface area contributed by atoms with E-state index >= 15 is 0 Å². The number of hydrogen-bond donors (Lipinski definition) is 2. The van der Waals surface area contributed by atoms with Crippen molar-refractivity contribution in [2.24, 2.45) is 0 Å². The highest BCUT2D eigenvalue weighted by atomic mass is 32.2. The van der Waals surface area contributed by atoms with Gasteiger partial charge in [-0.1, -0.05) is 17.7 Å². The summed E-state index contributed by atoms with van der Waals surface area (Å²) in [5.74, 6) is 0. The van der Waals surface area contributed by atoms with E-state index in [1.807, 2.05) is 6.92 Å². The molecule has 1 aromatic heterocycles. The molecule has 1 fully saturated rings. The molecule has 0 saturated carbocycles. The Kier molecular flexibility index (Phi) is 5.33. The Bertz CT molecular complexity index is 1040. The highest BCUT2D eigenvalue weighted by Crippen LogP contribution is 2.32. The number of aromatic amines is 1.